The first kappa shape index (κ1) is 20.9. The second-order valence-electron chi connectivity index (χ2n) is 6.78. The Labute approximate surface area is 171 Å². The van der Waals surface area contributed by atoms with Gasteiger partial charge in [-0.2, -0.15) is 4.39 Å². The van der Waals surface area contributed by atoms with E-state index in [4.69, 9.17) is 0 Å². The number of carbonyl (C=O) groups is 3. The molecule has 3 amide bonds. The number of benzene rings is 2. The molecular formula is C20H19FN4O5. The zero-order chi connectivity index (χ0) is 21.7. The molecule has 1 unspecified atom stereocenters. The van der Waals surface area contributed by atoms with E-state index in [-0.39, 0.29) is 31.1 Å². The van der Waals surface area contributed by atoms with Gasteiger partial charge in [0.05, 0.1) is 23.1 Å². The summed E-state index contributed by atoms with van der Waals surface area (Å²) in [6.45, 7) is 0.0754. The van der Waals surface area contributed by atoms with E-state index in [1.807, 2.05) is 30.3 Å². The van der Waals surface area contributed by atoms with Gasteiger partial charge in [0.1, 0.15) is 0 Å². The number of nitro benzene ring substituents is 1. The van der Waals surface area contributed by atoms with Crippen molar-refractivity contribution in [2.24, 2.45) is 5.92 Å². The number of hydrogen-bond acceptors (Lipinski definition) is 5. The minimum atomic E-state index is -1.01. The van der Waals surface area contributed by atoms with E-state index < -0.39 is 34.2 Å². The number of amides is 3. The van der Waals surface area contributed by atoms with Crippen LogP contribution in [0.15, 0.2) is 48.5 Å². The third kappa shape index (κ3) is 4.96. The van der Waals surface area contributed by atoms with Gasteiger partial charge in [0.2, 0.25) is 23.5 Å². The second-order valence-corrected chi connectivity index (χ2v) is 6.78. The molecule has 2 N–H and O–H groups in total. The molecule has 3 rings (SSSR count). The minimum Gasteiger partial charge on any atom is -0.350 e. The molecule has 0 spiro atoms. The van der Waals surface area contributed by atoms with Gasteiger partial charge in [0.15, 0.2) is 0 Å². The molecule has 1 fully saturated rings. The maximum atomic E-state index is 13.5. The summed E-state index contributed by atoms with van der Waals surface area (Å²) in [7, 11) is 0. The van der Waals surface area contributed by atoms with Crippen molar-refractivity contribution in [2.75, 3.05) is 18.0 Å². The van der Waals surface area contributed by atoms with Gasteiger partial charge in [-0.25, -0.2) is 0 Å². The van der Waals surface area contributed by atoms with Crippen molar-refractivity contribution in [3.63, 3.8) is 0 Å². The summed E-state index contributed by atoms with van der Waals surface area (Å²) >= 11 is 0. The van der Waals surface area contributed by atoms with E-state index in [1.54, 1.807) is 0 Å². The Morgan fingerprint density at radius 2 is 1.90 bits per heavy atom. The first-order chi connectivity index (χ1) is 14.3. The lowest BCUT2D eigenvalue weighted by molar-refractivity contribution is -0.387. The van der Waals surface area contributed by atoms with E-state index >= 15 is 0 Å². The standard InChI is InChI=1S/C20H19FN4O5/c21-16-7-6-15(9-17(16)25(29)30)24-12-14(8-19(24)27)20(28)23-11-18(26)22-10-13-4-2-1-3-5-13/h1-7,9,14H,8,10-12H2,(H,22,26)(H,23,28). The Morgan fingerprint density at radius 1 is 1.17 bits per heavy atom. The molecule has 9 nitrogen and oxygen atoms in total. The van der Waals surface area contributed by atoms with Crippen LogP contribution < -0.4 is 15.5 Å². The topological polar surface area (TPSA) is 122 Å². The van der Waals surface area contributed by atoms with Gasteiger partial charge in [0.25, 0.3) is 0 Å². The highest BCUT2D eigenvalue weighted by Crippen LogP contribution is 2.29. The summed E-state index contributed by atoms with van der Waals surface area (Å²) in [5.41, 5.74) is 0.315. The number of halogens is 1. The largest absolute Gasteiger partial charge is 0.350 e. The highest BCUT2D eigenvalue weighted by Gasteiger charge is 2.36. The van der Waals surface area contributed by atoms with E-state index in [0.29, 0.717) is 6.54 Å². The Bertz CT molecular complexity index is 982. The van der Waals surface area contributed by atoms with Gasteiger partial charge < -0.3 is 15.5 Å². The first-order valence-corrected chi connectivity index (χ1v) is 9.18. The van der Waals surface area contributed by atoms with Crippen molar-refractivity contribution in [1.29, 1.82) is 0 Å². The quantitative estimate of drug-likeness (QED) is 0.526. The van der Waals surface area contributed by atoms with Crippen LogP contribution in [0.1, 0.15) is 12.0 Å². The molecule has 1 aliphatic heterocycles. The predicted molar refractivity (Wildman–Crippen MR) is 105 cm³/mol. The van der Waals surface area contributed by atoms with E-state index in [9.17, 15) is 28.9 Å². The number of hydrogen-bond donors (Lipinski definition) is 2. The molecule has 1 atom stereocenters. The summed E-state index contributed by atoms with van der Waals surface area (Å²) < 4.78 is 13.5. The fourth-order valence-corrected chi connectivity index (χ4v) is 3.11. The van der Waals surface area contributed by atoms with Gasteiger partial charge >= 0.3 is 5.69 Å². The molecule has 0 radical (unpaired) electrons. The van der Waals surface area contributed by atoms with Crippen LogP contribution in [0, 0.1) is 21.8 Å². The van der Waals surface area contributed by atoms with Crippen LogP contribution in [0.5, 0.6) is 0 Å². The van der Waals surface area contributed by atoms with Crippen molar-refractivity contribution in [3.05, 3.63) is 70.0 Å². The van der Waals surface area contributed by atoms with Gasteiger partial charge in [-0.3, -0.25) is 24.5 Å². The Hall–Kier alpha value is -3.82. The number of nitro groups is 1. The Morgan fingerprint density at radius 3 is 2.60 bits per heavy atom. The van der Waals surface area contributed by atoms with Crippen LogP contribution in [-0.2, 0) is 20.9 Å². The van der Waals surface area contributed by atoms with Gasteiger partial charge in [-0.1, -0.05) is 30.3 Å². The number of rotatable bonds is 7. The molecule has 1 heterocycles. The molecule has 0 aromatic heterocycles. The molecule has 1 saturated heterocycles. The minimum absolute atomic E-state index is 0.0148. The van der Waals surface area contributed by atoms with Crippen LogP contribution in [0.25, 0.3) is 0 Å². The SMILES string of the molecule is O=C(CNC(=O)C1CC(=O)N(c2ccc(F)c([N+](=O)[O-])c2)C1)NCc1ccccc1. The summed E-state index contributed by atoms with van der Waals surface area (Å²) in [5.74, 6) is -2.99. The molecule has 1 aliphatic rings. The predicted octanol–water partition coefficient (Wildman–Crippen LogP) is 1.52. The lowest BCUT2D eigenvalue weighted by Crippen LogP contribution is -2.40. The van der Waals surface area contributed by atoms with Gasteiger partial charge in [-0.05, 0) is 17.7 Å². The third-order valence-corrected chi connectivity index (χ3v) is 4.69. The number of nitrogens with zero attached hydrogens (tertiary/aromatic N) is 2. The Balaban J connectivity index is 1.53. The summed E-state index contributed by atoms with van der Waals surface area (Å²) in [5, 5.41) is 16.1. The molecule has 2 aromatic carbocycles. The van der Waals surface area contributed by atoms with Gasteiger partial charge in [0, 0.05) is 25.6 Å². The highest BCUT2D eigenvalue weighted by atomic mass is 19.1. The zero-order valence-corrected chi connectivity index (χ0v) is 15.8. The monoisotopic (exact) mass is 414 g/mol. The molecule has 2 aromatic rings. The normalized spacial score (nSPS) is 15.7. The number of nitrogens with one attached hydrogen (secondary N) is 2. The molecule has 30 heavy (non-hydrogen) atoms. The lowest BCUT2D eigenvalue weighted by Gasteiger charge is -2.16. The van der Waals surface area contributed by atoms with E-state index in [2.05, 4.69) is 10.6 Å². The van der Waals surface area contributed by atoms with Crippen LogP contribution in [0.4, 0.5) is 15.8 Å². The number of carbonyl (C=O) groups excluding carboxylic acids is 3. The molecule has 0 bridgehead atoms. The summed E-state index contributed by atoms with van der Waals surface area (Å²) in [6, 6.07) is 12.4. The van der Waals surface area contributed by atoms with E-state index in [1.165, 1.54) is 11.0 Å². The molecule has 0 saturated carbocycles. The molecule has 0 aliphatic carbocycles. The van der Waals surface area contributed by atoms with Crippen molar-refractivity contribution >= 4 is 29.1 Å². The van der Waals surface area contributed by atoms with Crippen molar-refractivity contribution in [2.45, 2.75) is 13.0 Å². The van der Waals surface area contributed by atoms with E-state index in [0.717, 1.165) is 17.7 Å². The van der Waals surface area contributed by atoms with Crippen LogP contribution in [-0.4, -0.2) is 35.7 Å². The lowest BCUT2D eigenvalue weighted by atomic mass is 10.1. The summed E-state index contributed by atoms with van der Waals surface area (Å²) in [6.07, 6.45) is -0.108. The van der Waals surface area contributed by atoms with Gasteiger partial charge in [-0.15, -0.1) is 0 Å². The second kappa shape index (κ2) is 9.12. The zero-order valence-electron chi connectivity index (χ0n) is 15.8. The molecular weight excluding hydrogens is 395 g/mol. The van der Waals surface area contributed by atoms with Crippen LogP contribution in [0.2, 0.25) is 0 Å². The fourth-order valence-electron chi connectivity index (χ4n) is 3.11. The third-order valence-electron chi connectivity index (χ3n) is 4.69. The average molecular weight is 414 g/mol. The Kier molecular flexibility index (Phi) is 6.35. The maximum absolute atomic E-state index is 13.5. The maximum Gasteiger partial charge on any atom is 0.306 e. The van der Waals surface area contributed by atoms with Crippen LogP contribution >= 0.6 is 0 Å². The van der Waals surface area contributed by atoms with Crippen molar-refractivity contribution in [3.8, 4) is 0 Å². The van der Waals surface area contributed by atoms with Crippen molar-refractivity contribution in [1.82, 2.24) is 10.6 Å². The summed E-state index contributed by atoms with van der Waals surface area (Å²) in [4.78, 5) is 47.7. The highest BCUT2D eigenvalue weighted by molar-refractivity contribution is 6.01. The fraction of sp³-hybridized carbons (Fsp3) is 0.250. The van der Waals surface area contributed by atoms with Crippen molar-refractivity contribution < 1.29 is 23.7 Å². The average Bonchev–Trinajstić information content (AvgIpc) is 3.13. The number of anilines is 1. The first-order valence-electron chi connectivity index (χ1n) is 9.18. The van der Waals surface area contributed by atoms with Crippen LogP contribution in [0.3, 0.4) is 0 Å². The molecule has 10 heteroatoms. The smallest absolute Gasteiger partial charge is 0.306 e. The molecule has 156 valence electrons.